The number of halogens is 1. The number of alkyl halides is 1. The van der Waals surface area contributed by atoms with E-state index in [0.717, 1.165) is 5.57 Å². The molecule has 45 heavy (non-hydrogen) atoms. The second-order valence-corrected chi connectivity index (χ2v) is 13.0. The van der Waals surface area contributed by atoms with Crippen molar-refractivity contribution in [2.75, 3.05) is 0 Å². The maximum absolute atomic E-state index is 12.7. The van der Waals surface area contributed by atoms with E-state index in [2.05, 4.69) is 0 Å². The highest BCUT2D eigenvalue weighted by atomic mass is 35.5. The molecule has 256 valence electrons. The van der Waals surface area contributed by atoms with E-state index in [-0.39, 0.29) is 37.0 Å². The molecule has 0 aromatic rings. The van der Waals surface area contributed by atoms with Crippen molar-refractivity contribution in [3.63, 3.8) is 0 Å². The van der Waals surface area contributed by atoms with E-state index in [1.807, 2.05) is 52.8 Å². The van der Waals surface area contributed by atoms with Crippen LogP contribution in [-0.4, -0.2) is 75.6 Å². The van der Waals surface area contributed by atoms with Crippen molar-refractivity contribution in [3.05, 3.63) is 36.0 Å². The summed E-state index contributed by atoms with van der Waals surface area (Å²) in [5.41, 5.74) is -0.720. The van der Waals surface area contributed by atoms with Crippen LogP contribution in [0, 0.1) is 17.8 Å². The molecule has 10 unspecified atom stereocenters. The lowest BCUT2D eigenvalue weighted by molar-refractivity contribution is -0.159. The Morgan fingerprint density at radius 2 is 1.73 bits per heavy atom. The molecular weight excluding hydrogens is 604 g/mol. The molecule has 11 heteroatoms. The number of allylic oxidation sites excluding steroid dienone is 3. The molecule has 1 heterocycles. The van der Waals surface area contributed by atoms with E-state index in [0.29, 0.717) is 12.8 Å². The highest BCUT2D eigenvalue weighted by Crippen LogP contribution is 2.29. The molecule has 0 saturated carbocycles. The minimum Gasteiger partial charge on any atom is -0.462 e. The average Bonchev–Trinajstić information content (AvgIpc) is 2.92. The van der Waals surface area contributed by atoms with Crippen LogP contribution in [0.15, 0.2) is 36.0 Å². The second kappa shape index (κ2) is 19.1. The molecule has 0 fully saturated rings. The number of hydrogen-bond donors (Lipinski definition) is 2. The summed E-state index contributed by atoms with van der Waals surface area (Å²) in [7, 11) is 0. The number of rotatable bonds is 12. The lowest BCUT2D eigenvalue weighted by atomic mass is 9.88. The molecule has 1 aliphatic heterocycles. The van der Waals surface area contributed by atoms with Crippen molar-refractivity contribution in [1.29, 1.82) is 0 Å². The SMILES string of the molecule is CCC(OC(C)=O)C(C)C(OC(C)=O)C(Cl)CC(C)C=CC=C(C)C1OC(=O)CC(O)CCC(C)(O)C(OC(C)=O)C=CC1C. The Morgan fingerprint density at radius 3 is 2.29 bits per heavy atom. The quantitative estimate of drug-likeness (QED) is 0.0925. The highest BCUT2D eigenvalue weighted by Gasteiger charge is 2.36. The lowest BCUT2D eigenvalue weighted by Gasteiger charge is -2.33. The highest BCUT2D eigenvalue weighted by molar-refractivity contribution is 6.21. The van der Waals surface area contributed by atoms with E-state index >= 15 is 0 Å². The Bertz CT molecular complexity index is 1080. The Morgan fingerprint density at radius 1 is 1.11 bits per heavy atom. The third kappa shape index (κ3) is 14.5. The molecule has 1 rings (SSSR count). The number of ether oxygens (including phenoxy) is 4. The van der Waals surface area contributed by atoms with Crippen LogP contribution in [0.2, 0.25) is 0 Å². The molecule has 0 aliphatic carbocycles. The minimum atomic E-state index is -1.45. The standard InChI is InChI=1S/C34H53ClO10/c1-10-29(42-24(6)36)23(5)33(44-26(8)38)28(35)18-20(2)12-11-13-21(3)32-22(4)14-15-30(43-25(7)37)34(9,41)17-16-27(39)19-31(40)45-32/h11-15,20,22-23,27-30,32-33,39,41H,10,16-19H2,1-9H3. The van der Waals surface area contributed by atoms with E-state index in [9.17, 15) is 29.4 Å². The molecule has 0 amide bonds. The molecule has 0 bridgehead atoms. The van der Waals surface area contributed by atoms with Crippen molar-refractivity contribution in [2.45, 2.75) is 136 Å². The smallest absolute Gasteiger partial charge is 0.309 e. The van der Waals surface area contributed by atoms with Crippen LogP contribution in [0.5, 0.6) is 0 Å². The largest absolute Gasteiger partial charge is 0.462 e. The molecule has 1 aliphatic rings. The van der Waals surface area contributed by atoms with Gasteiger partial charge in [-0.3, -0.25) is 19.2 Å². The van der Waals surface area contributed by atoms with Crippen LogP contribution in [0.1, 0.15) is 94.4 Å². The molecule has 0 saturated heterocycles. The zero-order chi connectivity index (χ0) is 34.5. The van der Waals surface area contributed by atoms with E-state index in [1.54, 1.807) is 12.2 Å². The van der Waals surface area contributed by atoms with Gasteiger partial charge in [-0.2, -0.15) is 0 Å². The molecule has 2 N–H and O–H groups in total. The molecule has 0 spiro atoms. The Balaban J connectivity index is 3.16. The number of esters is 4. The maximum Gasteiger partial charge on any atom is 0.309 e. The van der Waals surface area contributed by atoms with E-state index in [1.165, 1.54) is 27.7 Å². The van der Waals surface area contributed by atoms with Gasteiger partial charge in [0.25, 0.3) is 0 Å². The van der Waals surface area contributed by atoms with Gasteiger partial charge in [0.1, 0.15) is 30.0 Å². The van der Waals surface area contributed by atoms with Crippen LogP contribution in [0.4, 0.5) is 0 Å². The van der Waals surface area contributed by atoms with Crippen LogP contribution >= 0.6 is 11.6 Å². The zero-order valence-corrected chi connectivity index (χ0v) is 28.9. The summed E-state index contributed by atoms with van der Waals surface area (Å²) in [5, 5.41) is 20.9. The van der Waals surface area contributed by atoms with Gasteiger partial charge in [0.2, 0.25) is 0 Å². The summed E-state index contributed by atoms with van der Waals surface area (Å²) in [5.74, 6) is -2.71. The molecular formula is C34H53ClO10. The first-order valence-corrected chi connectivity index (χ1v) is 16.1. The third-order valence-electron chi connectivity index (χ3n) is 7.94. The fourth-order valence-corrected chi connectivity index (χ4v) is 5.94. The summed E-state index contributed by atoms with van der Waals surface area (Å²) in [6.07, 6.45) is 6.14. The van der Waals surface area contributed by atoms with Gasteiger partial charge in [0.15, 0.2) is 0 Å². The van der Waals surface area contributed by atoms with Crippen molar-refractivity contribution in [1.82, 2.24) is 0 Å². The van der Waals surface area contributed by atoms with Crippen molar-refractivity contribution < 1.29 is 48.3 Å². The number of hydrogen-bond acceptors (Lipinski definition) is 10. The van der Waals surface area contributed by atoms with Crippen molar-refractivity contribution >= 4 is 35.5 Å². The van der Waals surface area contributed by atoms with Crippen molar-refractivity contribution in [2.24, 2.45) is 17.8 Å². The monoisotopic (exact) mass is 656 g/mol. The Hall–Kier alpha value is -2.69. The first-order valence-electron chi connectivity index (χ1n) is 15.7. The summed E-state index contributed by atoms with van der Waals surface area (Å²) >= 11 is 6.78. The topological polar surface area (TPSA) is 146 Å². The van der Waals surface area contributed by atoms with Gasteiger partial charge in [0, 0.05) is 32.6 Å². The van der Waals surface area contributed by atoms with Crippen LogP contribution < -0.4 is 0 Å². The van der Waals surface area contributed by atoms with Gasteiger partial charge < -0.3 is 29.2 Å². The summed E-state index contributed by atoms with van der Waals surface area (Å²) in [4.78, 5) is 47.9. The number of aliphatic hydroxyl groups is 2. The summed E-state index contributed by atoms with van der Waals surface area (Å²) in [6, 6.07) is 0. The van der Waals surface area contributed by atoms with Gasteiger partial charge in [-0.15, -0.1) is 11.6 Å². The Kier molecular flexibility index (Phi) is 17.1. The van der Waals surface area contributed by atoms with Gasteiger partial charge in [-0.1, -0.05) is 52.0 Å². The van der Waals surface area contributed by atoms with Gasteiger partial charge in [-0.25, -0.2) is 0 Å². The van der Waals surface area contributed by atoms with E-state index < -0.39 is 65.4 Å². The summed E-state index contributed by atoms with van der Waals surface area (Å²) < 4.78 is 22.2. The van der Waals surface area contributed by atoms with E-state index in [4.69, 9.17) is 30.5 Å². The number of aliphatic hydroxyl groups excluding tert-OH is 1. The molecule has 10 nitrogen and oxygen atoms in total. The predicted molar refractivity (Wildman–Crippen MR) is 171 cm³/mol. The second-order valence-electron chi connectivity index (χ2n) is 12.5. The van der Waals surface area contributed by atoms with Gasteiger partial charge in [-0.05, 0) is 57.1 Å². The number of cyclic esters (lactones) is 1. The van der Waals surface area contributed by atoms with Gasteiger partial charge >= 0.3 is 23.9 Å². The van der Waals surface area contributed by atoms with Crippen molar-refractivity contribution in [3.8, 4) is 0 Å². The molecule has 0 aromatic heterocycles. The molecule has 0 aromatic carbocycles. The fourth-order valence-electron chi connectivity index (χ4n) is 5.38. The molecule has 10 atom stereocenters. The van der Waals surface area contributed by atoms with Crippen LogP contribution in [0.3, 0.4) is 0 Å². The average molecular weight is 657 g/mol. The first kappa shape index (κ1) is 40.3. The first-order chi connectivity index (χ1) is 20.9. The Labute approximate surface area is 273 Å². The zero-order valence-electron chi connectivity index (χ0n) is 28.2. The van der Waals surface area contributed by atoms with Gasteiger partial charge in [0.05, 0.1) is 17.9 Å². The third-order valence-corrected chi connectivity index (χ3v) is 8.37. The number of carbonyl (C=O) groups excluding carboxylic acids is 4. The molecule has 0 radical (unpaired) electrons. The number of carbonyl (C=O) groups is 4. The fraction of sp³-hybridized carbons (Fsp3) is 0.706. The van der Waals surface area contributed by atoms with Crippen LogP contribution in [0.25, 0.3) is 0 Å². The predicted octanol–water partition coefficient (Wildman–Crippen LogP) is 5.36. The lowest BCUT2D eigenvalue weighted by Crippen LogP contribution is -2.42. The minimum absolute atomic E-state index is 0.0337. The van der Waals surface area contributed by atoms with Crippen LogP contribution in [-0.2, 0) is 38.1 Å². The normalized spacial score (nSPS) is 28.4. The maximum atomic E-state index is 12.7. The summed E-state index contributed by atoms with van der Waals surface area (Å²) in [6.45, 7) is 14.8.